The van der Waals surface area contributed by atoms with Gasteiger partial charge in [0, 0.05) is 17.9 Å². The number of ether oxygens (including phenoxy) is 1. The van der Waals surface area contributed by atoms with Gasteiger partial charge in [-0.1, -0.05) is 35.6 Å². The van der Waals surface area contributed by atoms with Crippen molar-refractivity contribution in [1.82, 2.24) is 4.98 Å². The molecule has 31 heavy (non-hydrogen) atoms. The number of anilines is 1. The van der Waals surface area contributed by atoms with E-state index in [4.69, 9.17) is 9.72 Å². The monoisotopic (exact) mass is 476 g/mol. The summed E-state index contributed by atoms with van der Waals surface area (Å²) in [5.74, 6) is -0.487. The van der Waals surface area contributed by atoms with Crippen LogP contribution >= 0.6 is 23.1 Å². The van der Waals surface area contributed by atoms with Crippen molar-refractivity contribution in [3.05, 3.63) is 48.5 Å². The first-order valence-electron chi connectivity index (χ1n) is 10.1. The maximum absolute atomic E-state index is 13.2. The van der Waals surface area contributed by atoms with Crippen LogP contribution in [0.25, 0.3) is 10.2 Å². The van der Waals surface area contributed by atoms with Crippen LogP contribution in [0, 0.1) is 0 Å². The third-order valence-electron chi connectivity index (χ3n) is 5.22. The fraction of sp³-hybridized carbons (Fsp3) is 0.364. The maximum atomic E-state index is 13.2. The highest BCUT2D eigenvalue weighted by molar-refractivity contribution is 7.98. The van der Waals surface area contributed by atoms with E-state index in [-0.39, 0.29) is 29.1 Å². The zero-order chi connectivity index (χ0) is 21.8. The van der Waals surface area contributed by atoms with E-state index < -0.39 is 9.84 Å². The minimum absolute atomic E-state index is 0.0540. The number of rotatable bonds is 8. The van der Waals surface area contributed by atoms with Gasteiger partial charge in [-0.3, -0.25) is 9.69 Å². The molecule has 164 valence electrons. The Morgan fingerprint density at radius 2 is 2.03 bits per heavy atom. The molecule has 0 N–H and O–H groups in total. The van der Waals surface area contributed by atoms with E-state index in [0.717, 1.165) is 28.0 Å². The molecule has 0 radical (unpaired) electrons. The van der Waals surface area contributed by atoms with E-state index in [1.807, 2.05) is 24.5 Å². The van der Waals surface area contributed by atoms with Crippen LogP contribution in [-0.4, -0.2) is 50.6 Å². The Kier molecular flexibility index (Phi) is 6.95. The molecular weight excluding hydrogens is 452 g/mol. The number of amides is 1. The highest BCUT2D eigenvalue weighted by Crippen LogP contribution is 2.35. The molecule has 1 unspecified atom stereocenters. The second-order valence-electron chi connectivity index (χ2n) is 7.32. The van der Waals surface area contributed by atoms with Gasteiger partial charge in [-0.15, -0.1) is 11.8 Å². The summed E-state index contributed by atoms with van der Waals surface area (Å²) in [5, 5.41) is 0.592. The fourth-order valence-corrected chi connectivity index (χ4v) is 6.47. The number of aromatic nitrogens is 1. The highest BCUT2D eigenvalue weighted by Gasteiger charge is 2.27. The SMILES string of the molecule is CSc1cccc2sc(N(CC3CCCO3)C(=O)CCS(=O)(=O)c3ccccc3)nc12. The Bertz CT molecular complexity index is 1160. The van der Waals surface area contributed by atoms with Gasteiger partial charge in [-0.25, -0.2) is 13.4 Å². The predicted octanol–water partition coefficient (Wildman–Crippen LogP) is 4.39. The first kappa shape index (κ1) is 22.3. The molecule has 2 heterocycles. The number of thiazole rings is 1. The normalized spacial score (nSPS) is 16.6. The first-order chi connectivity index (χ1) is 15.0. The second kappa shape index (κ2) is 9.68. The molecule has 0 spiro atoms. The smallest absolute Gasteiger partial charge is 0.229 e. The zero-order valence-corrected chi connectivity index (χ0v) is 19.6. The molecule has 0 bridgehead atoms. The standard InChI is InChI=1S/C22H24N2O4S3/c1-29-18-10-5-11-19-21(18)23-22(30-19)24(15-16-7-6-13-28-16)20(25)12-14-31(26,27)17-8-3-2-4-9-17/h2-5,8-11,16H,6-7,12-15H2,1H3. The minimum Gasteiger partial charge on any atom is -0.376 e. The van der Waals surface area contributed by atoms with Gasteiger partial charge in [0.05, 0.1) is 33.5 Å². The molecule has 1 fully saturated rings. The molecule has 3 aromatic rings. The summed E-state index contributed by atoms with van der Waals surface area (Å²) in [4.78, 5) is 20.9. The molecule has 0 aliphatic carbocycles. The summed E-state index contributed by atoms with van der Waals surface area (Å²) in [5.41, 5.74) is 0.872. The summed E-state index contributed by atoms with van der Waals surface area (Å²) < 4.78 is 32.1. The Hall–Kier alpha value is -1.94. The van der Waals surface area contributed by atoms with E-state index in [1.54, 1.807) is 47.0 Å². The lowest BCUT2D eigenvalue weighted by molar-refractivity contribution is -0.118. The maximum Gasteiger partial charge on any atom is 0.229 e. The number of fused-ring (bicyclic) bond motifs is 1. The summed E-state index contributed by atoms with van der Waals surface area (Å²) in [7, 11) is -3.53. The van der Waals surface area contributed by atoms with Crippen molar-refractivity contribution in [2.45, 2.75) is 35.2 Å². The molecular formula is C22H24N2O4S3. The van der Waals surface area contributed by atoms with E-state index >= 15 is 0 Å². The molecule has 0 saturated carbocycles. The van der Waals surface area contributed by atoms with Crippen LogP contribution in [0.3, 0.4) is 0 Å². The van der Waals surface area contributed by atoms with Gasteiger partial charge in [-0.2, -0.15) is 0 Å². The van der Waals surface area contributed by atoms with Crippen LogP contribution in [0.15, 0.2) is 58.3 Å². The minimum atomic E-state index is -3.53. The lowest BCUT2D eigenvalue weighted by atomic mass is 10.2. The number of para-hydroxylation sites is 1. The number of sulfone groups is 1. The molecule has 1 aliphatic rings. The number of hydrogen-bond donors (Lipinski definition) is 0. The Balaban J connectivity index is 1.58. The first-order valence-corrected chi connectivity index (χ1v) is 13.8. The molecule has 1 saturated heterocycles. The zero-order valence-electron chi connectivity index (χ0n) is 17.2. The fourth-order valence-electron chi connectivity index (χ4n) is 3.57. The van der Waals surface area contributed by atoms with Crippen molar-refractivity contribution in [3.63, 3.8) is 0 Å². The van der Waals surface area contributed by atoms with Gasteiger partial charge in [-0.05, 0) is 43.4 Å². The van der Waals surface area contributed by atoms with Crippen molar-refractivity contribution < 1.29 is 17.9 Å². The summed E-state index contributed by atoms with van der Waals surface area (Å²) in [6, 6.07) is 14.2. The molecule has 1 atom stereocenters. The number of carbonyl (C=O) groups excluding carboxylic acids is 1. The average Bonchev–Trinajstić information content (AvgIpc) is 3.45. The van der Waals surface area contributed by atoms with Gasteiger partial charge >= 0.3 is 0 Å². The van der Waals surface area contributed by atoms with Crippen molar-refractivity contribution in [3.8, 4) is 0 Å². The van der Waals surface area contributed by atoms with E-state index in [9.17, 15) is 13.2 Å². The van der Waals surface area contributed by atoms with Crippen LogP contribution in [0.5, 0.6) is 0 Å². The Morgan fingerprint density at radius 3 is 2.74 bits per heavy atom. The van der Waals surface area contributed by atoms with Crippen LogP contribution in [0.4, 0.5) is 5.13 Å². The number of hydrogen-bond acceptors (Lipinski definition) is 7. The summed E-state index contributed by atoms with van der Waals surface area (Å²) in [6.45, 7) is 1.07. The average molecular weight is 477 g/mol. The van der Waals surface area contributed by atoms with Crippen molar-refractivity contribution in [2.24, 2.45) is 0 Å². The largest absolute Gasteiger partial charge is 0.376 e. The lowest BCUT2D eigenvalue weighted by Gasteiger charge is -2.23. The Labute approximate surface area is 190 Å². The molecule has 1 aromatic heterocycles. The number of carbonyl (C=O) groups is 1. The van der Waals surface area contributed by atoms with Gasteiger partial charge in [0.2, 0.25) is 5.91 Å². The van der Waals surface area contributed by atoms with Crippen molar-refractivity contribution >= 4 is 54.2 Å². The molecule has 6 nitrogen and oxygen atoms in total. The number of benzene rings is 2. The third-order valence-corrected chi connectivity index (χ3v) is 8.76. The topological polar surface area (TPSA) is 76.6 Å². The van der Waals surface area contributed by atoms with Crippen LogP contribution in [0.2, 0.25) is 0 Å². The lowest BCUT2D eigenvalue weighted by Crippen LogP contribution is -2.38. The molecule has 9 heteroatoms. The van der Waals surface area contributed by atoms with Gasteiger partial charge in [0.25, 0.3) is 0 Å². The van der Waals surface area contributed by atoms with Crippen LogP contribution < -0.4 is 4.90 Å². The quantitative estimate of drug-likeness (QED) is 0.449. The van der Waals surface area contributed by atoms with Gasteiger partial charge in [0.15, 0.2) is 15.0 Å². The van der Waals surface area contributed by atoms with Crippen LogP contribution in [0.1, 0.15) is 19.3 Å². The Morgan fingerprint density at radius 1 is 1.23 bits per heavy atom. The van der Waals surface area contributed by atoms with Gasteiger partial charge < -0.3 is 4.74 Å². The highest BCUT2D eigenvalue weighted by atomic mass is 32.2. The molecule has 1 aliphatic heterocycles. The van der Waals surface area contributed by atoms with Gasteiger partial charge in [0.1, 0.15) is 0 Å². The molecule has 1 amide bonds. The van der Waals surface area contributed by atoms with Crippen LogP contribution in [-0.2, 0) is 19.4 Å². The van der Waals surface area contributed by atoms with E-state index in [2.05, 4.69) is 0 Å². The number of thioether (sulfide) groups is 1. The third kappa shape index (κ3) is 5.11. The summed E-state index contributed by atoms with van der Waals surface area (Å²) in [6.07, 6.45) is 3.69. The van der Waals surface area contributed by atoms with E-state index in [1.165, 1.54) is 11.3 Å². The molecule has 2 aromatic carbocycles. The molecule has 4 rings (SSSR count). The van der Waals surface area contributed by atoms with Crippen molar-refractivity contribution in [2.75, 3.05) is 30.1 Å². The number of nitrogens with zero attached hydrogens (tertiary/aromatic N) is 2. The second-order valence-corrected chi connectivity index (χ2v) is 11.3. The summed E-state index contributed by atoms with van der Waals surface area (Å²) >= 11 is 3.06. The predicted molar refractivity (Wildman–Crippen MR) is 126 cm³/mol. The van der Waals surface area contributed by atoms with E-state index in [0.29, 0.717) is 18.3 Å². The van der Waals surface area contributed by atoms with Crippen molar-refractivity contribution in [1.29, 1.82) is 0 Å².